The van der Waals surface area contributed by atoms with Crippen molar-refractivity contribution in [2.45, 2.75) is 42.9 Å². The number of carbonyl (C=O) groups excluding carboxylic acids is 1. The molecule has 1 saturated carbocycles. The van der Waals surface area contributed by atoms with Crippen molar-refractivity contribution in [3.63, 3.8) is 0 Å². The quantitative estimate of drug-likeness (QED) is 0.424. The summed E-state index contributed by atoms with van der Waals surface area (Å²) in [5.74, 6) is 0.811. The molecule has 0 N–H and O–H groups in total. The molecule has 7 heteroatoms. The van der Waals surface area contributed by atoms with Crippen LogP contribution in [0.25, 0.3) is 0 Å². The fourth-order valence-electron chi connectivity index (χ4n) is 7.66. The van der Waals surface area contributed by atoms with Crippen LogP contribution >= 0.6 is 0 Å². The normalized spacial score (nSPS) is 42.1. The lowest BCUT2D eigenvalue weighted by Gasteiger charge is -2.58. The van der Waals surface area contributed by atoms with E-state index in [0.717, 1.165) is 37.2 Å². The summed E-state index contributed by atoms with van der Waals surface area (Å²) >= 11 is 0. The van der Waals surface area contributed by atoms with Crippen molar-refractivity contribution in [1.82, 2.24) is 4.90 Å². The molecule has 1 aliphatic carbocycles. The number of fused-ring (bicyclic) bond motifs is 2. The molecule has 5 heterocycles. The van der Waals surface area contributed by atoms with Crippen LogP contribution in [-0.4, -0.2) is 53.6 Å². The molecule has 1 aromatic carbocycles. The van der Waals surface area contributed by atoms with Gasteiger partial charge in [0.2, 0.25) is 5.91 Å². The van der Waals surface area contributed by atoms with Crippen LogP contribution in [0.4, 0.5) is 11.4 Å². The molecule has 5 aliphatic heterocycles. The Morgan fingerprint density at radius 2 is 2.21 bits per heavy atom. The molecule has 6 atom stereocenters. The second kappa shape index (κ2) is 4.83. The zero-order valence-electron chi connectivity index (χ0n) is 15.4. The van der Waals surface area contributed by atoms with Gasteiger partial charge in [-0.2, -0.15) is 0 Å². The number of carbonyl (C=O) groups is 1. The molecule has 0 unspecified atom stereocenters. The van der Waals surface area contributed by atoms with Crippen LogP contribution in [0, 0.1) is 22.0 Å². The molecule has 28 heavy (non-hydrogen) atoms. The van der Waals surface area contributed by atoms with E-state index in [1.54, 1.807) is 12.1 Å². The van der Waals surface area contributed by atoms with E-state index in [0.29, 0.717) is 25.0 Å². The van der Waals surface area contributed by atoms with Gasteiger partial charge in [-0.05, 0) is 36.9 Å². The highest BCUT2D eigenvalue weighted by Gasteiger charge is 2.71. The number of piperidine rings is 2. The third-order valence-electron chi connectivity index (χ3n) is 8.51. The lowest BCUT2D eigenvalue weighted by atomic mass is 9.53. The Balaban J connectivity index is 1.52. The van der Waals surface area contributed by atoms with Crippen molar-refractivity contribution >= 4 is 17.3 Å². The highest BCUT2D eigenvalue weighted by Crippen LogP contribution is 2.65. The van der Waals surface area contributed by atoms with Crippen LogP contribution in [0.5, 0.6) is 0 Å². The predicted octanol–water partition coefficient (Wildman–Crippen LogP) is 2.00. The van der Waals surface area contributed by atoms with Crippen LogP contribution in [-0.2, 0) is 14.9 Å². The largest absolute Gasteiger partial charge is 0.373 e. The Morgan fingerprint density at radius 3 is 3.07 bits per heavy atom. The van der Waals surface area contributed by atoms with Crippen molar-refractivity contribution < 1.29 is 14.5 Å². The Hall–Kier alpha value is -2.25. The maximum Gasteiger partial charge on any atom is 0.271 e. The number of anilines is 1. The first-order chi connectivity index (χ1) is 13.6. The number of nitro groups is 1. The summed E-state index contributed by atoms with van der Waals surface area (Å²) in [6.45, 7) is 2.63. The van der Waals surface area contributed by atoms with Crippen LogP contribution in [0.2, 0.25) is 0 Å². The van der Waals surface area contributed by atoms with Gasteiger partial charge in [0.25, 0.3) is 5.69 Å². The summed E-state index contributed by atoms with van der Waals surface area (Å²) in [6, 6.07) is 5.68. The first kappa shape index (κ1) is 15.6. The van der Waals surface area contributed by atoms with Gasteiger partial charge in [0.15, 0.2) is 0 Å². The lowest BCUT2D eigenvalue weighted by Crippen LogP contribution is -2.69. The SMILES string of the molecule is O=C1C[C@@H]2OCC=C3CN4CC[C@]56c7ccc([N+](=O)[O-])cc7N1[C@H]5[C@H]2[C@H]3C[C@H]46. The smallest absolute Gasteiger partial charge is 0.271 e. The van der Waals surface area contributed by atoms with Gasteiger partial charge in [-0.25, -0.2) is 0 Å². The van der Waals surface area contributed by atoms with Crippen LogP contribution in [0.1, 0.15) is 24.8 Å². The van der Waals surface area contributed by atoms with E-state index in [4.69, 9.17) is 4.74 Å². The monoisotopic (exact) mass is 379 g/mol. The second-order valence-electron chi connectivity index (χ2n) is 9.22. The number of hydrogen-bond donors (Lipinski definition) is 0. The highest BCUT2D eigenvalue weighted by molar-refractivity contribution is 5.99. The Labute approximate surface area is 162 Å². The number of hydrogen-bond acceptors (Lipinski definition) is 5. The number of ether oxygens (including phenoxy) is 1. The average molecular weight is 379 g/mol. The minimum absolute atomic E-state index is 0.0400. The van der Waals surface area contributed by atoms with Crippen LogP contribution in [0.15, 0.2) is 29.8 Å². The fourth-order valence-corrected chi connectivity index (χ4v) is 7.66. The number of non-ortho nitro benzene ring substituents is 1. The maximum absolute atomic E-state index is 13.3. The number of nitro benzene ring substituents is 1. The number of rotatable bonds is 1. The van der Waals surface area contributed by atoms with Gasteiger partial charge in [-0.15, -0.1) is 0 Å². The third kappa shape index (κ3) is 1.56. The van der Waals surface area contributed by atoms with Gasteiger partial charge in [0, 0.05) is 36.1 Å². The molecule has 7 nitrogen and oxygen atoms in total. The van der Waals surface area contributed by atoms with E-state index in [1.165, 1.54) is 5.57 Å². The number of nitrogens with zero attached hydrogens (tertiary/aromatic N) is 3. The summed E-state index contributed by atoms with van der Waals surface area (Å²) in [7, 11) is 0. The molecular formula is C21H21N3O4. The standard InChI is InChI=1S/C21H21N3O4/c25-18-9-16-19-13-8-17-21(4-5-22(17)10-11(13)3-6-28-16)14-2-1-12(24(26)27)7-15(14)23(18)20(19)21/h1-3,7,13,16-17,19-20H,4-6,8-10H2/t13-,16-,17-,19-,20-,21+/m0/s1. The van der Waals surface area contributed by atoms with Gasteiger partial charge in [0.1, 0.15) is 0 Å². The van der Waals surface area contributed by atoms with E-state index >= 15 is 0 Å². The summed E-state index contributed by atoms with van der Waals surface area (Å²) in [4.78, 5) is 28.9. The zero-order valence-corrected chi connectivity index (χ0v) is 15.4. The van der Waals surface area contributed by atoms with Gasteiger partial charge < -0.3 is 9.64 Å². The first-order valence-electron chi connectivity index (χ1n) is 10.2. The van der Waals surface area contributed by atoms with Crippen molar-refractivity contribution in [1.29, 1.82) is 0 Å². The molecule has 1 amide bonds. The van der Waals surface area contributed by atoms with Gasteiger partial charge >= 0.3 is 0 Å². The van der Waals surface area contributed by atoms with Gasteiger partial charge in [-0.3, -0.25) is 19.8 Å². The summed E-state index contributed by atoms with van der Waals surface area (Å²) < 4.78 is 6.20. The number of amides is 1. The Kier molecular flexibility index (Phi) is 2.70. The van der Waals surface area contributed by atoms with E-state index < -0.39 is 0 Å². The van der Waals surface area contributed by atoms with Gasteiger partial charge in [0.05, 0.1) is 35.8 Å². The van der Waals surface area contributed by atoms with E-state index in [-0.39, 0.29) is 40.0 Å². The highest BCUT2D eigenvalue weighted by atomic mass is 16.6. The molecule has 1 spiro atoms. The summed E-state index contributed by atoms with van der Waals surface area (Å²) in [6.07, 6.45) is 4.73. The van der Waals surface area contributed by atoms with Crippen LogP contribution < -0.4 is 4.90 Å². The van der Waals surface area contributed by atoms with Crippen molar-refractivity contribution in [2.24, 2.45) is 11.8 Å². The molecule has 1 aromatic rings. The first-order valence-corrected chi connectivity index (χ1v) is 10.2. The molecule has 0 radical (unpaired) electrons. The summed E-state index contributed by atoms with van der Waals surface area (Å²) in [5.41, 5.74) is 3.38. The minimum atomic E-state index is -0.355. The maximum atomic E-state index is 13.3. The van der Waals surface area contributed by atoms with E-state index in [1.807, 2.05) is 11.0 Å². The van der Waals surface area contributed by atoms with Gasteiger partial charge in [-0.1, -0.05) is 11.6 Å². The van der Waals surface area contributed by atoms with Crippen molar-refractivity contribution in [3.8, 4) is 0 Å². The average Bonchev–Trinajstić information content (AvgIpc) is 3.15. The lowest BCUT2D eigenvalue weighted by molar-refractivity contribution is -0.384. The molecular weight excluding hydrogens is 358 g/mol. The molecule has 3 saturated heterocycles. The molecule has 6 aliphatic rings. The van der Waals surface area contributed by atoms with E-state index in [2.05, 4.69) is 11.0 Å². The molecule has 0 aromatic heterocycles. The van der Waals surface area contributed by atoms with Crippen LogP contribution in [0.3, 0.4) is 0 Å². The molecule has 144 valence electrons. The summed E-state index contributed by atoms with van der Waals surface area (Å²) in [5, 5.41) is 11.4. The van der Waals surface area contributed by atoms with E-state index in [9.17, 15) is 14.9 Å². The molecule has 2 bridgehead atoms. The fraction of sp³-hybridized carbons (Fsp3) is 0.571. The Morgan fingerprint density at radius 1 is 1.32 bits per heavy atom. The number of benzene rings is 1. The van der Waals surface area contributed by atoms with Crippen molar-refractivity contribution in [3.05, 3.63) is 45.5 Å². The molecule has 7 rings (SSSR count). The van der Waals surface area contributed by atoms with Crippen molar-refractivity contribution in [2.75, 3.05) is 24.6 Å². The predicted molar refractivity (Wildman–Crippen MR) is 100 cm³/mol. The third-order valence-corrected chi connectivity index (χ3v) is 8.51. The second-order valence-corrected chi connectivity index (χ2v) is 9.22. The Bertz CT molecular complexity index is 990. The molecule has 4 fully saturated rings. The topological polar surface area (TPSA) is 75.9 Å². The zero-order chi connectivity index (χ0) is 18.8. The minimum Gasteiger partial charge on any atom is -0.373 e.